The second-order valence-electron chi connectivity index (χ2n) is 11.5. The van der Waals surface area contributed by atoms with Gasteiger partial charge < -0.3 is 50.3 Å². The Morgan fingerprint density at radius 2 is 1.05 bits per heavy atom. The fraction of sp³-hybridized carbons (Fsp3) is 0.469. The molecule has 2 saturated heterocycles. The molecule has 0 spiro atoms. The highest BCUT2D eigenvalue weighted by Gasteiger charge is 2.45. The van der Waals surface area contributed by atoms with E-state index >= 15 is 0 Å². The summed E-state index contributed by atoms with van der Waals surface area (Å²) >= 11 is 0. The number of aliphatic hydroxyl groups is 8. The first kappa shape index (κ1) is 31.6. The summed E-state index contributed by atoms with van der Waals surface area (Å²) in [5.74, 6) is 0. The molecule has 11 nitrogen and oxygen atoms in total. The molecule has 0 unspecified atom stereocenters. The highest BCUT2D eigenvalue weighted by Crippen LogP contribution is 2.38. The van der Waals surface area contributed by atoms with Crippen molar-refractivity contribution in [2.45, 2.75) is 81.8 Å². The Labute approximate surface area is 249 Å². The minimum Gasteiger partial charge on any atom is -0.394 e. The maximum Gasteiger partial charge on any atom is 0.113 e. The lowest BCUT2D eigenvalue weighted by atomic mass is 9.88. The third kappa shape index (κ3) is 5.86. The van der Waals surface area contributed by atoms with Crippen molar-refractivity contribution >= 4 is 0 Å². The monoisotopic (exact) mass is 597 g/mol. The summed E-state index contributed by atoms with van der Waals surface area (Å²) in [4.78, 5) is 4.82. The van der Waals surface area contributed by atoms with Crippen LogP contribution in [0, 0.1) is 20.8 Å². The molecule has 0 aliphatic carbocycles. The third-order valence-electron chi connectivity index (χ3n) is 8.63. The van der Waals surface area contributed by atoms with E-state index in [0.29, 0.717) is 11.1 Å². The van der Waals surface area contributed by atoms with E-state index in [4.69, 9.17) is 14.5 Å². The highest BCUT2D eigenvalue weighted by molar-refractivity contribution is 5.71. The third-order valence-corrected chi connectivity index (χ3v) is 8.63. The summed E-state index contributed by atoms with van der Waals surface area (Å²) < 4.78 is 11.5. The molecule has 0 amide bonds. The summed E-state index contributed by atoms with van der Waals surface area (Å²) in [6.07, 6.45) is -12.3. The smallest absolute Gasteiger partial charge is 0.113 e. The Kier molecular flexibility index (Phi) is 9.31. The number of hydrogen-bond acceptors (Lipinski definition) is 11. The predicted octanol–water partition coefficient (Wildman–Crippen LogP) is 0.371. The van der Waals surface area contributed by atoms with Crippen LogP contribution in [0.15, 0.2) is 48.5 Å². The number of aromatic nitrogens is 1. The normalized spacial score (nSPS) is 33.0. The molecule has 3 heterocycles. The van der Waals surface area contributed by atoms with E-state index in [1.54, 1.807) is 12.1 Å². The molecule has 2 aliphatic rings. The SMILES string of the molecule is Cc1cc(-c2ccc(-c3ccc([C@H]4O[C@H](CO)[C@@H](O)[C@H](O)[C@@H]4O)c(C)c3)c(C)n2)ccc1[C@H]1O[C@H](CO)[C@@H](O)[C@H](O)[C@@H]1O. The molecule has 0 saturated carbocycles. The number of rotatable bonds is 6. The first-order valence-corrected chi connectivity index (χ1v) is 14.3. The lowest BCUT2D eigenvalue weighted by Crippen LogP contribution is -2.55. The minimum atomic E-state index is -1.46. The predicted molar refractivity (Wildman–Crippen MR) is 155 cm³/mol. The number of benzene rings is 2. The van der Waals surface area contributed by atoms with Crippen molar-refractivity contribution < 1.29 is 50.3 Å². The zero-order valence-corrected chi connectivity index (χ0v) is 24.1. The second-order valence-corrected chi connectivity index (χ2v) is 11.5. The van der Waals surface area contributed by atoms with Crippen molar-refractivity contribution in [2.24, 2.45) is 0 Å². The molecule has 232 valence electrons. The van der Waals surface area contributed by atoms with Gasteiger partial charge in [0.2, 0.25) is 0 Å². The molecule has 43 heavy (non-hydrogen) atoms. The topological polar surface area (TPSA) is 193 Å². The van der Waals surface area contributed by atoms with Gasteiger partial charge in [0.1, 0.15) is 61.0 Å². The average Bonchev–Trinajstić information content (AvgIpc) is 2.99. The summed E-state index contributed by atoms with van der Waals surface area (Å²) in [6.45, 7) is 4.61. The number of aliphatic hydroxyl groups excluding tert-OH is 8. The van der Waals surface area contributed by atoms with E-state index in [0.717, 1.165) is 39.2 Å². The minimum absolute atomic E-state index is 0.494. The molecule has 0 radical (unpaired) electrons. The van der Waals surface area contributed by atoms with Crippen LogP contribution in [0.4, 0.5) is 0 Å². The van der Waals surface area contributed by atoms with Crippen molar-refractivity contribution in [3.05, 3.63) is 76.5 Å². The first-order chi connectivity index (χ1) is 20.5. The Bertz CT molecular complexity index is 1450. The standard InChI is InChI=1S/C32H39NO10/c1-14-10-17(4-6-19(14)31-29(40)27(38)25(36)23(12-34)42-31)21-8-9-22(33-16(21)3)18-5-7-20(15(2)11-18)32-30(41)28(39)26(37)24(13-35)43-32/h4-11,23-32,34-41H,12-13H2,1-3H3/t23-,24-,25-,26-,27+,28+,29+,30+,31-,32-/m1/s1. The summed E-state index contributed by atoms with van der Waals surface area (Å²) in [6, 6.07) is 15.0. The van der Waals surface area contributed by atoms with Crippen LogP contribution in [0.2, 0.25) is 0 Å². The molecule has 8 N–H and O–H groups in total. The van der Waals surface area contributed by atoms with Crippen LogP contribution in [0.3, 0.4) is 0 Å². The summed E-state index contributed by atoms with van der Waals surface area (Å²) in [5.41, 5.74) is 6.94. The van der Waals surface area contributed by atoms with E-state index < -0.39 is 74.3 Å². The average molecular weight is 598 g/mol. The van der Waals surface area contributed by atoms with Crippen molar-refractivity contribution in [1.29, 1.82) is 0 Å². The first-order valence-electron chi connectivity index (χ1n) is 14.3. The van der Waals surface area contributed by atoms with Gasteiger partial charge in [0.25, 0.3) is 0 Å². The van der Waals surface area contributed by atoms with Crippen LogP contribution in [0.1, 0.15) is 40.2 Å². The maximum atomic E-state index is 10.6. The number of aryl methyl sites for hydroxylation is 3. The quantitative estimate of drug-likeness (QED) is 0.196. The zero-order valence-electron chi connectivity index (χ0n) is 24.1. The molecule has 2 fully saturated rings. The van der Waals surface area contributed by atoms with Crippen molar-refractivity contribution in [2.75, 3.05) is 13.2 Å². The van der Waals surface area contributed by atoms with Gasteiger partial charge in [-0.3, -0.25) is 4.98 Å². The lowest BCUT2D eigenvalue weighted by Gasteiger charge is -2.40. The fourth-order valence-corrected chi connectivity index (χ4v) is 6.06. The van der Waals surface area contributed by atoms with E-state index in [-0.39, 0.29) is 0 Å². The molecule has 1 aromatic heterocycles. The lowest BCUT2D eigenvalue weighted by molar-refractivity contribution is -0.231. The van der Waals surface area contributed by atoms with E-state index in [9.17, 15) is 40.9 Å². The molecule has 11 heteroatoms. The maximum absolute atomic E-state index is 10.6. The van der Waals surface area contributed by atoms with Crippen molar-refractivity contribution in [3.63, 3.8) is 0 Å². The summed E-state index contributed by atoms with van der Waals surface area (Å²) in [5, 5.41) is 80.8. The summed E-state index contributed by atoms with van der Waals surface area (Å²) in [7, 11) is 0. The van der Waals surface area contributed by atoms with Gasteiger partial charge >= 0.3 is 0 Å². The van der Waals surface area contributed by atoms with Crippen LogP contribution < -0.4 is 0 Å². The van der Waals surface area contributed by atoms with Crippen LogP contribution in [0.25, 0.3) is 22.4 Å². The molecule has 0 bridgehead atoms. The zero-order chi connectivity index (χ0) is 31.2. The number of ether oxygens (including phenoxy) is 2. The van der Waals surface area contributed by atoms with Crippen LogP contribution in [0.5, 0.6) is 0 Å². The Morgan fingerprint density at radius 3 is 1.49 bits per heavy atom. The number of nitrogens with zero attached hydrogens (tertiary/aromatic N) is 1. The Hall–Kier alpha value is -2.81. The van der Waals surface area contributed by atoms with Crippen LogP contribution in [-0.2, 0) is 9.47 Å². The van der Waals surface area contributed by atoms with E-state index in [2.05, 4.69) is 0 Å². The van der Waals surface area contributed by atoms with Gasteiger partial charge in [-0.15, -0.1) is 0 Å². The van der Waals surface area contributed by atoms with Crippen LogP contribution in [-0.4, -0.2) is 108 Å². The van der Waals surface area contributed by atoms with Gasteiger partial charge in [-0.2, -0.15) is 0 Å². The van der Waals surface area contributed by atoms with E-state index in [1.165, 1.54) is 0 Å². The molecular weight excluding hydrogens is 558 g/mol. The Morgan fingerprint density at radius 1 is 0.581 bits per heavy atom. The van der Waals surface area contributed by atoms with Gasteiger partial charge in [0.15, 0.2) is 0 Å². The second kappa shape index (κ2) is 12.7. The molecule has 5 rings (SSSR count). The molecule has 2 aromatic carbocycles. The van der Waals surface area contributed by atoms with Gasteiger partial charge in [0, 0.05) is 16.8 Å². The van der Waals surface area contributed by atoms with Gasteiger partial charge in [-0.05, 0) is 60.7 Å². The van der Waals surface area contributed by atoms with Crippen molar-refractivity contribution in [1.82, 2.24) is 4.98 Å². The van der Waals surface area contributed by atoms with Crippen molar-refractivity contribution in [3.8, 4) is 22.4 Å². The number of hydrogen-bond donors (Lipinski definition) is 8. The largest absolute Gasteiger partial charge is 0.394 e. The van der Waals surface area contributed by atoms with Gasteiger partial charge in [0.05, 0.1) is 18.9 Å². The molecule has 3 aromatic rings. The van der Waals surface area contributed by atoms with E-state index in [1.807, 2.05) is 57.2 Å². The van der Waals surface area contributed by atoms with Crippen LogP contribution >= 0.6 is 0 Å². The number of pyridine rings is 1. The van der Waals surface area contributed by atoms with Gasteiger partial charge in [-0.25, -0.2) is 0 Å². The fourth-order valence-electron chi connectivity index (χ4n) is 6.06. The molecular formula is C32H39NO10. The highest BCUT2D eigenvalue weighted by atomic mass is 16.6. The Balaban J connectivity index is 1.38. The van der Waals surface area contributed by atoms with Gasteiger partial charge in [-0.1, -0.05) is 36.4 Å². The molecule has 2 aliphatic heterocycles. The molecule has 10 atom stereocenters.